The molecule has 0 unspecified atom stereocenters. The van der Waals surface area contributed by atoms with Gasteiger partial charge < -0.3 is 14.4 Å². The lowest BCUT2D eigenvalue weighted by atomic mass is 9.89. The zero-order valence-electron chi connectivity index (χ0n) is 26.3. The van der Waals surface area contributed by atoms with Crippen LogP contribution in [0.15, 0.2) is 103 Å². The zero-order chi connectivity index (χ0) is 30.6. The lowest BCUT2D eigenvalue weighted by Gasteiger charge is -2.31. The lowest BCUT2D eigenvalue weighted by Crippen LogP contribution is -2.45. The summed E-state index contributed by atoms with van der Waals surface area (Å²) in [5, 5.41) is 0. The summed E-state index contributed by atoms with van der Waals surface area (Å²) in [4.78, 5) is 32.2. The first-order chi connectivity index (χ1) is 20.9. The molecular weight excluding hydrogens is 530 g/mol. The molecule has 0 atom stereocenters. The number of carbonyl (C=O) groups is 2. The highest BCUT2D eigenvalue weighted by atomic mass is 16.2. The van der Waals surface area contributed by atoms with Crippen molar-refractivity contribution in [3.05, 3.63) is 131 Å². The maximum atomic E-state index is 14.4. The van der Waals surface area contributed by atoms with Gasteiger partial charge in [0.05, 0.1) is 19.0 Å². The van der Waals surface area contributed by atoms with Gasteiger partial charge in [0.25, 0.3) is 0 Å². The SMILES string of the molecule is CCCCN(Cc1cccn1Cc1cccc(C)c1)C(=O)CN(CCC(C)C)C(=O)C(c1ccccc1)c1ccccc1. The smallest absolute Gasteiger partial charge is 0.242 e. The molecule has 0 aliphatic carbocycles. The summed E-state index contributed by atoms with van der Waals surface area (Å²) in [6.45, 7) is 11.1. The normalized spacial score (nSPS) is 11.2. The van der Waals surface area contributed by atoms with Crippen molar-refractivity contribution in [1.29, 1.82) is 0 Å². The van der Waals surface area contributed by atoms with Crippen molar-refractivity contribution in [3.63, 3.8) is 0 Å². The Balaban J connectivity index is 1.58. The van der Waals surface area contributed by atoms with Gasteiger partial charge in [-0.15, -0.1) is 0 Å². The summed E-state index contributed by atoms with van der Waals surface area (Å²) in [6.07, 6.45) is 4.83. The first kappa shape index (κ1) is 31.8. The Morgan fingerprint density at radius 2 is 1.47 bits per heavy atom. The highest BCUT2D eigenvalue weighted by Gasteiger charge is 2.30. The zero-order valence-corrected chi connectivity index (χ0v) is 26.3. The second kappa shape index (κ2) is 15.9. The minimum absolute atomic E-state index is 0.00580. The van der Waals surface area contributed by atoms with E-state index in [2.05, 4.69) is 74.9 Å². The number of aryl methyl sites for hydroxylation is 1. The number of carbonyl (C=O) groups excluding carboxylic acids is 2. The van der Waals surface area contributed by atoms with E-state index in [4.69, 9.17) is 0 Å². The van der Waals surface area contributed by atoms with E-state index in [-0.39, 0.29) is 18.4 Å². The molecule has 43 heavy (non-hydrogen) atoms. The lowest BCUT2D eigenvalue weighted by molar-refractivity contribution is -0.141. The third kappa shape index (κ3) is 9.18. The van der Waals surface area contributed by atoms with E-state index >= 15 is 0 Å². The van der Waals surface area contributed by atoms with Crippen LogP contribution in [0.5, 0.6) is 0 Å². The van der Waals surface area contributed by atoms with Crippen LogP contribution in [-0.2, 0) is 22.7 Å². The van der Waals surface area contributed by atoms with Gasteiger partial charge in [0.15, 0.2) is 0 Å². The Morgan fingerprint density at radius 1 is 0.791 bits per heavy atom. The Morgan fingerprint density at radius 3 is 2.07 bits per heavy atom. The number of hydrogen-bond donors (Lipinski definition) is 0. The molecule has 4 rings (SSSR count). The highest BCUT2D eigenvalue weighted by Crippen LogP contribution is 2.27. The number of rotatable bonds is 15. The van der Waals surface area contributed by atoms with Gasteiger partial charge in [-0.1, -0.05) is 118 Å². The van der Waals surface area contributed by atoms with Crippen LogP contribution in [0.25, 0.3) is 0 Å². The molecule has 5 heteroatoms. The summed E-state index contributed by atoms with van der Waals surface area (Å²) < 4.78 is 2.23. The van der Waals surface area contributed by atoms with Gasteiger partial charge in [-0.05, 0) is 54.5 Å². The fraction of sp³-hybridized carbons (Fsp3) is 0.368. The summed E-state index contributed by atoms with van der Waals surface area (Å²) in [6, 6.07) is 32.6. The van der Waals surface area contributed by atoms with Crippen LogP contribution in [0.2, 0.25) is 0 Å². The van der Waals surface area contributed by atoms with Crippen molar-refractivity contribution in [2.24, 2.45) is 5.92 Å². The number of benzene rings is 3. The number of amides is 2. The molecule has 0 fully saturated rings. The van der Waals surface area contributed by atoms with Crippen LogP contribution in [0.1, 0.15) is 73.9 Å². The van der Waals surface area contributed by atoms with Crippen LogP contribution in [0.3, 0.4) is 0 Å². The largest absolute Gasteiger partial charge is 0.345 e. The molecule has 1 heterocycles. The average Bonchev–Trinajstić information content (AvgIpc) is 3.44. The first-order valence-electron chi connectivity index (χ1n) is 15.7. The van der Waals surface area contributed by atoms with Gasteiger partial charge >= 0.3 is 0 Å². The van der Waals surface area contributed by atoms with Gasteiger partial charge in [0.1, 0.15) is 0 Å². The van der Waals surface area contributed by atoms with E-state index in [0.717, 1.165) is 42.6 Å². The topological polar surface area (TPSA) is 45.6 Å². The van der Waals surface area contributed by atoms with Crippen molar-refractivity contribution in [2.75, 3.05) is 19.6 Å². The van der Waals surface area contributed by atoms with Gasteiger partial charge in [-0.25, -0.2) is 0 Å². The van der Waals surface area contributed by atoms with Crippen molar-refractivity contribution in [1.82, 2.24) is 14.4 Å². The molecule has 226 valence electrons. The Hall–Kier alpha value is -4.12. The molecule has 0 aliphatic heterocycles. The van der Waals surface area contributed by atoms with Crippen LogP contribution in [0, 0.1) is 12.8 Å². The maximum Gasteiger partial charge on any atom is 0.242 e. The predicted octanol–water partition coefficient (Wildman–Crippen LogP) is 7.68. The molecule has 4 aromatic rings. The molecule has 0 N–H and O–H groups in total. The van der Waals surface area contributed by atoms with Crippen molar-refractivity contribution < 1.29 is 9.59 Å². The molecule has 2 amide bonds. The Kier molecular flexibility index (Phi) is 11.8. The second-order valence-electron chi connectivity index (χ2n) is 12.0. The Bertz CT molecular complexity index is 1390. The third-order valence-electron chi connectivity index (χ3n) is 7.97. The monoisotopic (exact) mass is 577 g/mol. The molecule has 0 radical (unpaired) electrons. The molecule has 3 aromatic carbocycles. The number of hydrogen-bond acceptors (Lipinski definition) is 2. The van der Waals surface area contributed by atoms with Crippen LogP contribution >= 0.6 is 0 Å². The Labute approximate surface area is 258 Å². The van der Waals surface area contributed by atoms with Gasteiger partial charge in [-0.3, -0.25) is 9.59 Å². The van der Waals surface area contributed by atoms with Crippen LogP contribution in [-0.4, -0.2) is 45.8 Å². The van der Waals surface area contributed by atoms with E-state index in [1.54, 1.807) is 4.90 Å². The standard InChI is InChI=1S/C38H47N3O2/c1-5-6-23-40(28-35-21-14-24-39(35)27-32-16-13-15-31(4)26-32)36(42)29-41(25-22-30(2)3)38(43)37(33-17-9-7-10-18-33)34-19-11-8-12-20-34/h7-21,24,26,30,37H,5-6,22-23,25,27-29H2,1-4H3. The molecule has 5 nitrogen and oxygen atoms in total. The van der Waals surface area contributed by atoms with Gasteiger partial charge in [0.2, 0.25) is 11.8 Å². The van der Waals surface area contributed by atoms with E-state index in [1.807, 2.05) is 65.6 Å². The fourth-order valence-electron chi connectivity index (χ4n) is 5.49. The van der Waals surface area contributed by atoms with Crippen molar-refractivity contribution >= 4 is 11.8 Å². The van der Waals surface area contributed by atoms with Gasteiger partial charge in [-0.2, -0.15) is 0 Å². The molecule has 0 bridgehead atoms. The highest BCUT2D eigenvalue weighted by molar-refractivity contribution is 5.91. The average molecular weight is 578 g/mol. The van der Waals surface area contributed by atoms with Crippen molar-refractivity contribution in [2.45, 2.75) is 66.0 Å². The molecule has 0 saturated carbocycles. The van der Waals surface area contributed by atoms with Crippen LogP contribution < -0.4 is 0 Å². The van der Waals surface area contributed by atoms with E-state index in [1.165, 1.54) is 11.1 Å². The number of unbranched alkanes of at least 4 members (excludes halogenated alkanes) is 1. The molecule has 0 saturated heterocycles. The maximum absolute atomic E-state index is 14.4. The fourth-order valence-corrected chi connectivity index (χ4v) is 5.49. The van der Waals surface area contributed by atoms with E-state index in [9.17, 15) is 9.59 Å². The third-order valence-corrected chi connectivity index (χ3v) is 7.97. The molecular formula is C38H47N3O2. The van der Waals surface area contributed by atoms with E-state index in [0.29, 0.717) is 25.6 Å². The van der Waals surface area contributed by atoms with Gasteiger partial charge in [0, 0.05) is 31.5 Å². The number of nitrogens with zero attached hydrogens (tertiary/aromatic N) is 3. The van der Waals surface area contributed by atoms with Crippen LogP contribution in [0.4, 0.5) is 0 Å². The van der Waals surface area contributed by atoms with E-state index < -0.39 is 5.92 Å². The first-order valence-corrected chi connectivity index (χ1v) is 15.7. The second-order valence-corrected chi connectivity index (χ2v) is 12.0. The quantitative estimate of drug-likeness (QED) is 0.145. The minimum atomic E-state index is -0.460. The number of aromatic nitrogens is 1. The molecule has 0 aliphatic rings. The predicted molar refractivity (Wildman–Crippen MR) is 176 cm³/mol. The summed E-state index contributed by atoms with van der Waals surface area (Å²) in [5.74, 6) is -0.0742. The summed E-state index contributed by atoms with van der Waals surface area (Å²) in [5.41, 5.74) is 5.45. The minimum Gasteiger partial charge on any atom is -0.345 e. The molecule has 0 spiro atoms. The molecule has 1 aromatic heterocycles. The summed E-state index contributed by atoms with van der Waals surface area (Å²) in [7, 11) is 0. The summed E-state index contributed by atoms with van der Waals surface area (Å²) >= 11 is 0. The van der Waals surface area contributed by atoms with Crippen molar-refractivity contribution in [3.8, 4) is 0 Å².